The van der Waals surface area contributed by atoms with Crippen molar-refractivity contribution in [2.45, 2.75) is 6.54 Å². The Bertz CT molecular complexity index is 1670. The number of rotatable bonds is 5. The van der Waals surface area contributed by atoms with Crippen molar-refractivity contribution in [2.75, 3.05) is 90.7 Å². The number of imidazole rings is 1. The number of nitrogens with zero attached hydrogens (tertiary/aromatic N) is 7. The van der Waals surface area contributed by atoms with Crippen LogP contribution in [0.25, 0.3) is 44.7 Å². The fourth-order valence-corrected chi connectivity index (χ4v) is 5.88. The molecule has 0 radical (unpaired) electrons. The molecule has 0 saturated carbocycles. The zero-order valence-corrected chi connectivity index (χ0v) is 25.3. The van der Waals surface area contributed by atoms with E-state index < -0.39 is 0 Å². The third-order valence-corrected chi connectivity index (χ3v) is 8.46. The van der Waals surface area contributed by atoms with Gasteiger partial charge in [-0.25, -0.2) is 9.97 Å². The van der Waals surface area contributed by atoms with Crippen molar-refractivity contribution >= 4 is 27.8 Å². The van der Waals surface area contributed by atoms with E-state index in [4.69, 9.17) is 14.5 Å². The molecule has 0 aliphatic carbocycles. The number of ether oxygens (including phenoxy) is 2. The van der Waals surface area contributed by atoms with E-state index >= 15 is 0 Å². The zero-order valence-electron chi connectivity index (χ0n) is 25.3. The lowest BCUT2D eigenvalue weighted by Crippen LogP contribution is -2.44. The molecule has 0 spiro atoms. The highest BCUT2D eigenvalue weighted by Crippen LogP contribution is 2.30. The standard InChI is InChI=1S/C28H31N9O.C4H9NO/c1-35-4-6-37(7-5-35)22-2-3-24-25(14-22)32-28(31-24)26-23-13-21(17-30-27(23)34-33-26)20-12-19(15-29-16-20)18-36-8-10-38-11-9-36;1-3-6-4-2-5-1/h2-3,12-17H,4-11,18H2,1H3,(H,31,32)(H,30,33,34);5H,1-4H2. The van der Waals surface area contributed by atoms with Crippen molar-refractivity contribution in [3.05, 3.63) is 54.5 Å². The first kappa shape index (κ1) is 28.8. The SMILES string of the molecule is C1COCCN1.CN1CCN(c2ccc3nc(-c4[nH]nc5ncc(-c6cncc(CN7CCOCC7)c6)cc45)[nH]c3c2)CC1. The van der Waals surface area contributed by atoms with Gasteiger partial charge in [-0.1, -0.05) is 0 Å². The minimum atomic E-state index is 0.666. The predicted molar refractivity (Wildman–Crippen MR) is 172 cm³/mol. The number of aromatic amines is 2. The number of pyridine rings is 2. The third-order valence-electron chi connectivity index (χ3n) is 8.46. The number of benzene rings is 1. The molecule has 3 aliphatic rings. The zero-order chi connectivity index (χ0) is 29.7. The summed E-state index contributed by atoms with van der Waals surface area (Å²) in [5.41, 5.74) is 7.91. The van der Waals surface area contributed by atoms with Gasteiger partial charge in [-0.05, 0) is 42.9 Å². The molecule has 7 heterocycles. The van der Waals surface area contributed by atoms with Crippen LogP contribution in [0.15, 0.2) is 48.9 Å². The lowest BCUT2D eigenvalue weighted by atomic mass is 10.1. The van der Waals surface area contributed by atoms with Crippen LogP contribution in [-0.2, 0) is 16.0 Å². The van der Waals surface area contributed by atoms with E-state index in [2.05, 4.69) is 82.5 Å². The van der Waals surface area contributed by atoms with E-state index in [9.17, 15) is 0 Å². The molecule has 3 fully saturated rings. The third kappa shape index (κ3) is 6.59. The van der Waals surface area contributed by atoms with E-state index in [0.717, 1.165) is 124 Å². The molecule has 0 bridgehead atoms. The molecular weight excluding hydrogens is 556 g/mol. The second-order valence-corrected chi connectivity index (χ2v) is 11.6. The van der Waals surface area contributed by atoms with Gasteiger partial charge in [0.05, 0.1) is 42.8 Å². The van der Waals surface area contributed by atoms with Crippen molar-refractivity contribution in [2.24, 2.45) is 0 Å². The van der Waals surface area contributed by atoms with E-state index in [1.807, 2.05) is 18.6 Å². The average Bonchev–Trinajstić information content (AvgIpc) is 3.70. The summed E-state index contributed by atoms with van der Waals surface area (Å²) in [5, 5.41) is 11.7. The molecule has 12 nitrogen and oxygen atoms in total. The van der Waals surface area contributed by atoms with Gasteiger partial charge in [-0.2, -0.15) is 5.10 Å². The summed E-state index contributed by atoms with van der Waals surface area (Å²) in [4.78, 5) is 24.7. The first-order valence-corrected chi connectivity index (χ1v) is 15.5. The van der Waals surface area contributed by atoms with Gasteiger partial charge < -0.3 is 29.6 Å². The molecule has 5 aromatic rings. The van der Waals surface area contributed by atoms with Gasteiger partial charge in [0, 0.05) is 94.3 Å². The summed E-state index contributed by atoms with van der Waals surface area (Å²) >= 11 is 0. The molecule has 3 N–H and O–H groups in total. The van der Waals surface area contributed by atoms with Crippen LogP contribution >= 0.6 is 0 Å². The van der Waals surface area contributed by atoms with Gasteiger partial charge >= 0.3 is 0 Å². The molecule has 4 aromatic heterocycles. The number of morpholine rings is 2. The monoisotopic (exact) mass is 596 g/mol. The highest BCUT2D eigenvalue weighted by molar-refractivity contribution is 5.93. The van der Waals surface area contributed by atoms with Crippen molar-refractivity contribution in [3.8, 4) is 22.6 Å². The normalized spacial score (nSPS) is 18.4. The lowest BCUT2D eigenvalue weighted by molar-refractivity contribution is 0.0341. The summed E-state index contributed by atoms with van der Waals surface area (Å²) in [5.74, 6) is 0.760. The molecule has 44 heavy (non-hydrogen) atoms. The Morgan fingerprint density at radius 1 is 0.841 bits per heavy atom. The van der Waals surface area contributed by atoms with Crippen molar-refractivity contribution in [1.82, 2.24) is 45.2 Å². The Hall–Kier alpha value is -3.94. The Morgan fingerprint density at radius 3 is 2.41 bits per heavy atom. The minimum Gasteiger partial charge on any atom is -0.379 e. The smallest absolute Gasteiger partial charge is 0.181 e. The van der Waals surface area contributed by atoms with Gasteiger partial charge in [0.2, 0.25) is 0 Å². The first-order valence-electron chi connectivity index (χ1n) is 15.5. The molecular formula is C32H40N10O2. The first-order chi connectivity index (χ1) is 21.7. The number of fused-ring (bicyclic) bond motifs is 2. The second-order valence-electron chi connectivity index (χ2n) is 11.6. The molecule has 0 atom stereocenters. The summed E-state index contributed by atoms with van der Waals surface area (Å²) in [7, 11) is 2.18. The quantitative estimate of drug-likeness (QED) is 0.279. The Kier molecular flexibility index (Phi) is 8.75. The summed E-state index contributed by atoms with van der Waals surface area (Å²) in [6, 6.07) is 10.8. The minimum absolute atomic E-state index is 0.666. The van der Waals surface area contributed by atoms with Crippen LogP contribution in [0.2, 0.25) is 0 Å². The van der Waals surface area contributed by atoms with Crippen LogP contribution in [0, 0.1) is 0 Å². The second kappa shape index (κ2) is 13.4. The molecule has 3 saturated heterocycles. The maximum absolute atomic E-state index is 5.48. The maximum atomic E-state index is 5.48. The Labute approximate surface area is 256 Å². The van der Waals surface area contributed by atoms with Crippen LogP contribution in [-0.4, -0.2) is 126 Å². The Morgan fingerprint density at radius 2 is 1.64 bits per heavy atom. The maximum Gasteiger partial charge on any atom is 0.181 e. The van der Waals surface area contributed by atoms with Crippen LogP contribution in [0.5, 0.6) is 0 Å². The van der Waals surface area contributed by atoms with Crippen LogP contribution in [0.1, 0.15) is 5.56 Å². The highest BCUT2D eigenvalue weighted by atomic mass is 16.5. The topological polar surface area (TPSA) is 123 Å². The van der Waals surface area contributed by atoms with Gasteiger partial charge in [0.1, 0.15) is 5.69 Å². The van der Waals surface area contributed by atoms with Crippen molar-refractivity contribution in [1.29, 1.82) is 0 Å². The van der Waals surface area contributed by atoms with Crippen molar-refractivity contribution in [3.63, 3.8) is 0 Å². The van der Waals surface area contributed by atoms with Crippen LogP contribution in [0.4, 0.5) is 5.69 Å². The van der Waals surface area contributed by atoms with E-state index in [0.29, 0.717) is 5.65 Å². The van der Waals surface area contributed by atoms with E-state index in [1.165, 1.54) is 11.3 Å². The Balaban J connectivity index is 0.000000468. The highest BCUT2D eigenvalue weighted by Gasteiger charge is 2.18. The number of piperazine rings is 1. The molecule has 0 amide bonds. The number of aromatic nitrogens is 6. The van der Waals surface area contributed by atoms with Crippen molar-refractivity contribution < 1.29 is 9.47 Å². The van der Waals surface area contributed by atoms with Gasteiger partial charge in [-0.15, -0.1) is 0 Å². The van der Waals surface area contributed by atoms with Crippen LogP contribution in [0.3, 0.4) is 0 Å². The lowest BCUT2D eigenvalue weighted by Gasteiger charge is -2.34. The fourth-order valence-electron chi connectivity index (χ4n) is 5.88. The summed E-state index contributed by atoms with van der Waals surface area (Å²) < 4.78 is 10.5. The van der Waals surface area contributed by atoms with E-state index in [-0.39, 0.29) is 0 Å². The fraction of sp³-hybridized carbons (Fsp3) is 0.438. The van der Waals surface area contributed by atoms with Gasteiger partial charge in [0.15, 0.2) is 11.5 Å². The number of nitrogens with one attached hydrogen (secondary N) is 3. The van der Waals surface area contributed by atoms with Gasteiger partial charge in [-0.3, -0.25) is 15.0 Å². The summed E-state index contributed by atoms with van der Waals surface area (Å²) in [6.45, 7) is 12.4. The number of hydrogen-bond acceptors (Lipinski definition) is 10. The van der Waals surface area contributed by atoms with Gasteiger partial charge in [0.25, 0.3) is 0 Å². The molecule has 3 aliphatic heterocycles. The summed E-state index contributed by atoms with van der Waals surface area (Å²) in [6.07, 6.45) is 5.70. The molecule has 1 aromatic carbocycles. The largest absolute Gasteiger partial charge is 0.379 e. The molecule has 8 rings (SSSR count). The number of hydrogen-bond donors (Lipinski definition) is 3. The van der Waals surface area contributed by atoms with Crippen LogP contribution < -0.4 is 10.2 Å². The average molecular weight is 597 g/mol. The van der Waals surface area contributed by atoms with E-state index in [1.54, 1.807) is 0 Å². The molecule has 230 valence electrons. The molecule has 12 heteroatoms. The number of anilines is 1. The number of H-pyrrole nitrogens is 2. The molecule has 0 unspecified atom stereocenters. The predicted octanol–water partition coefficient (Wildman–Crippen LogP) is 2.75. The number of likely N-dealkylation sites (N-methyl/N-ethyl adjacent to an activating group) is 1.